The Balaban J connectivity index is 1.53. The molecule has 0 unspecified atom stereocenters. The van der Waals surface area contributed by atoms with E-state index >= 15 is 0 Å². The molecule has 156 valence electrons. The minimum Gasteiger partial charge on any atom is -0.461 e. The second kappa shape index (κ2) is 8.13. The van der Waals surface area contributed by atoms with Crippen molar-refractivity contribution in [2.45, 2.75) is 26.6 Å². The lowest BCUT2D eigenvalue weighted by atomic mass is 10.1. The number of hydrogen-bond acceptors (Lipinski definition) is 5. The highest BCUT2D eigenvalue weighted by Gasteiger charge is 2.17. The topological polar surface area (TPSA) is 51.3 Å². The van der Waals surface area contributed by atoms with Gasteiger partial charge in [-0.15, -0.1) is 11.3 Å². The molecule has 0 bridgehead atoms. The molecule has 0 aliphatic heterocycles. The quantitative estimate of drug-likeness (QED) is 0.356. The highest BCUT2D eigenvalue weighted by molar-refractivity contribution is 7.13. The number of aryl methyl sites for hydroxylation is 1. The van der Waals surface area contributed by atoms with Gasteiger partial charge in [-0.3, -0.25) is 9.69 Å². The van der Waals surface area contributed by atoms with Gasteiger partial charge < -0.3 is 4.42 Å². The van der Waals surface area contributed by atoms with Crippen LogP contribution < -0.4 is 5.56 Å². The molecule has 2 aromatic carbocycles. The maximum atomic E-state index is 13.2. The summed E-state index contributed by atoms with van der Waals surface area (Å²) in [6.07, 6.45) is 0.828. The molecule has 0 aliphatic rings. The van der Waals surface area contributed by atoms with Crippen molar-refractivity contribution in [1.82, 2.24) is 14.7 Å². The maximum absolute atomic E-state index is 13.2. The van der Waals surface area contributed by atoms with Crippen LogP contribution in [0.5, 0.6) is 0 Å². The van der Waals surface area contributed by atoms with E-state index in [4.69, 9.17) is 9.52 Å². The number of thiophene rings is 1. The van der Waals surface area contributed by atoms with Crippen molar-refractivity contribution in [3.63, 3.8) is 0 Å². The van der Waals surface area contributed by atoms with E-state index in [0.29, 0.717) is 18.6 Å². The number of fused-ring (bicyclic) bond motifs is 2. The number of aromatic nitrogens is 2. The Hall–Kier alpha value is -3.22. The third-order valence-corrected chi connectivity index (χ3v) is 6.41. The lowest BCUT2D eigenvalue weighted by molar-refractivity contribution is 0.240. The van der Waals surface area contributed by atoms with Crippen LogP contribution in [0, 0.1) is 0 Å². The van der Waals surface area contributed by atoms with Crippen LogP contribution in [0.1, 0.15) is 18.2 Å². The smallest absolute Gasteiger partial charge is 0.275 e. The Morgan fingerprint density at radius 2 is 1.74 bits per heavy atom. The second-order valence-corrected chi connectivity index (χ2v) is 8.63. The zero-order valence-corrected chi connectivity index (χ0v) is 18.4. The van der Waals surface area contributed by atoms with Crippen LogP contribution in [0.2, 0.25) is 0 Å². The van der Waals surface area contributed by atoms with E-state index in [2.05, 4.69) is 17.9 Å². The monoisotopic (exact) mass is 429 g/mol. The van der Waals surface area contributed by atoms with Gasteiger partial charge >= 0.3 is 0 Å². The molecule has 3 heterocycles. The minimum atomic E-state index is -0.0736. The van der Waals surface area contributed by atoms with Crippen molar-refractivity contribution >= 4 is 33.1 Å². The molecule has 3 aromatic heterocycles. The van der Waals surface area contributed by atoms with Crippen LogP contribution in [0.15, 0.2) is 75.3 Å². The Morgan fingerprint density at radius 1 is 1.00 bits per heavy atom. The molecule has 0 N–H and O–H groups in total. The Kier molecular flexibility index (Phi) is 5.18. The first-order valence-electron chi connectivity index (χ1n) is 10.4. The first-order valence-corrected chi connectivity index (χ1v) is 11.2. The van der Waals surface area contributed by atoms with Crippen LogP contribution in [0.25, 0.3) is 32.3 Å². The molecule has 5 rings (SSSR count). The first-order chi connectivity index (χ1) is 15.2. The van der Waals surface area contributed by atoms with Gasteiger partial charge in [0.2, 0.25) is 0 Å². The average Bonchev–Trinajstić information content (AvgIpc) is 3.44. The highest BCUT2D eigenvalue weighted by Crippen LogP contribution is 2.29. The van der Waals surface area contributed by atoms with Gasteiger partial charge in [-0.1, -0.05) is 49.4 Å². The van der Waals surface area contributed by atoms with Gasteiger partial charge in [0.25, 0.3) is 5.56 Å². The third kappa shape index (κ3) is 3.58. The van der Waals surface area contributed by atoms with Crippen molar-refractivity contribution in [2.24, 2.45) is 0 Å². The fourth-order valence-electron chi connectivity index (χ4n) is 4.08. The van der Waals surface area contributed by atoms with E-state index in [-0.39, 0.29) is 5.56 Å². The standard InChI is InChI=1S/C25H23N3O2S/c1-3-21-20(17-9-6-7-12-22(17)30-21)15-27(2)16-28-25(29)19-11-5-4-10-18(19)24(26-28)23-13-8-14-31-23/h4-14H,3,15-16H2,1-2H3. The summed E-state index contributed by atoms with van der Waals surface area (Å²) >= 11 is 1.63. The zero-order chi connectivity index (χ0) is 21.4. The van der Waals surface area contributed by atoms with Crippen LogP contribution in [0.4, 0.5) is 0 Å². The average molecular weight is 430 g/mol. The van der Waals surface area contributed by atoms with E-state index in [0.717, 1.165) is 39.1 Å². The zero-order valence-electron chi connectivity index (χ0n) is 17.5. The molecule has 0 saturated carbocycles. The summed E-state index contributed by atoms with van der Waals surface area (Å²) in [4.78, 5) is 16.3. The third-order valence-electron chi connectivity index (χ3n) is 5.53. The minimum absolute atomic E-state index is 0.0736. The van der Waals surface area contributed by atoms with Crippen molar-refractivity contribution in [2.75, 3.05) is 7.05 Å². The molecule has 0 aliphatic carbocycles. The molecule has 0 radical (unpaired) electrons. The molecule has 0 atom stereocenters. The number of hydrogen-bond donors (Lipinski definition) is 0. The molecule has 31 heavy (non-hydrogen) atoms. The molecule has 5 nitrogen and oxygen atoms in total. The summed E-state index contributed by atoms with van der Waals surface area (Å²) in [5.74, 6) is 0.992. The molecule has 0 fully saturated rings. The van der Waals surface area contributed by atoms with Crippen molar-refractivity contribution in [3.05, 3.63) is 87.7 Å². The molecule has 5 aromatic rings. The van der Waals surface area contributed by atoms with Crippen molar-refractivity contribution in [1.29, 1.82) is 0 Å². The van der Waals surface area contributed by atoms with E-state index < -0.39 is 0 Å². The van der Waals surface area contributed by atoms with Gasteiger partial charge in [-0.05, 0) is 30.6 Å². The second-order valence-electron chi connectivity index (χ2n) is 7.69. The molecule has 6 heteroatoms. The molecule has 0 spiro atoms. The van der Waals surface area contributed by atoms with Crippen molar-refractivity contribution in [3.8, 4) is 10.6 Å². The lowest BCUT2D eigenvalue weighted by Crippen LogP contribution is -2.32. The Bertz CT molecular complexity index is 1420. The van der Waals surface area contributed by atoms with Gasteiger partial charge in [0.1, 0.15) is 17.0 Å². The van der Waals surface area contributed by atoms with Crippen LogP contribution in [-0.2, 0) is 19.6 Å². The molecular weight excluding hydrogens is 406 g/mol. The predicted molar refractivity (Wildman–Crippen MR) is 126 cm³/mol. The Labute approximate surface area is 184 Å². The summed E-state index contributed by atoms with van der Waals surface area (Å²) in [6, 6.07) is 19.9. The first kappa shape index (κ1) is 19.7. The summed E-state index contributed by atoms with van der Waals surface area (Å²) in [5, 5.41) is 9.51. The fraction of sp³-hybridized carbons (Fsp3) is 0.200. The van der Waals surface area contributed by atoms with Crippen LogP contribution in [-0.4, -0.2) is 21.7 Å². The summed E-state index contributed by atoms with van der Waals surface area (Å²) in [5.41, 5.74) is 2.86. The fourth-order valence-corrected chi connectivity index (χ4v) is 4.81. The van der Waals surface area contributed by atoms with Gasteiger partial charge in [0, 0.05) is 29.3 Å². The van der Waals surface area contributed by atoms with Gasteiger partial charge in [0.05, 0.1) is 16.9 Å². The largest absolute Gasteiger partial charge is 0.461 e. The maximum Gasteiger partial charge on any atom is 0.275 e. The number of para-hydroxylation sites is 1. The number of rotatable bonds is 6. The normalized spacial score (nSPS) is 11.7. The number of furan rings is 1. The SMILES string of the molecule is CCc1oc2ccccc2c1CN(C)Cn1nc(-c2cccs2)c2ccccc2c1=O. The number of benzene rings is 2. The molecule has 0 amide bonds. The van der Waals surface area contributed by atoms with E-state index in [1.54, 1.807) is 16.0 Å². The molecule has 0 saturated heterocycles. The lowest BCUT2D eigenvalue weighted by Gasteiger charge is -2.19. The highest BCUT2D eigenvalue weighted by atomic mass is 32.1. The summed E-state index contributed by atoms with van der Waals surface area (Å²) < 4.78 is 7.61. The van der Waals surface area contributed by atoms with Crippen LogP contribution in [0.3, 0.4) is 0 Å². The summed E-state index contributed by atoms with van der Waals surface area (Å²) in [6.45, 7) is 3.17. The van der Waals surface area contributed by atoms with E-state index in [9.17, 15) is 4.79 Å². The predicted octanol–water partition coefficient (Wildman–Crippen LogP) is 5.52. The van der Waals surface area contributed by atoms with Crippen LogP contribution >= 0.6 is 11.3 Å². The number of nitrogens with zero attached hydrogens (tertiary/aromatic N) is 3. The van der Waals surface area contributed by atoms with E-state index in [1.165, 1.54) is 5.56 Å². The van der Waals surface area contributed by atoms with Gasteiger partial charge in [-0.2, -0.15) is 5.10 Å². The van der Waals surface area contributed by atoms with Crippen molar-refractivity contribution < 1.29 is 4.42 Å². The Morgan fingerprint density at radius 3 is 2.48 bits per heavy atom. The van der Waals surface area contributed by atoms with Gasteiger partial charge in [-0.25, -0.2) is 4.68 Å². The summed E-state index contributed by atoms with van der Waals surface area (Å²) in [7, 11) is 2.01. The van der Waals surface area contributed by atoms with Gasteiger partial charge in [0.15, 0.2) is 0 Å². The molecular formula is C25H23N3O2S. The van der Waals surface area contributed by atoms with E-state index in [1.807, 2.05) is 67.0 Å².